The van der Waals surface area contributed by atoms with Gasteiger partial charge in [-0.05, 0) is 62.1 Å². The van der Waals surface area contributed by atoms with Gasteiger partial charge < -0.3 is 9.64 Å². The van der Waals surface area contributed by atoms with E-state index >= 15 is 0 Å². The first kappa shape index (κ1) is 21.5. The zero-order chi connectivity index (χ0) is 23.3. The van der Waals surface area contributed by atoms with Gasteiger partial charge in [0.05, 0.1) is 34.7 Å². The van der Waals surface area contributed by atoms with Crippen molar-refractivity contribution in [3.05, 3.63) is 59.4 Å². The van der Waals surface area contributed by atoms with Crippen molar-refractivity contribution in [3.63, 3.8) is 0 Å². The van der Waals surface area contributed by atoms with Gasteiger partial charge in [-0.25, -0.2) is 4.79 Å². The number of carbonyl (C=O) groups excluding carboxylic acids is 2. The third kappa shape index (κ3) is 4.09. The largest absolute Gasteiger partial charge is 0.419 e. The zero-order valence-electron chi connectivity index (χ0n) is 18.8. The van der Waals surface area contributed by atoms with E-state index in [-0.39, 0.29) is 11.9 Å². The summed E-state index contributed by atoms with van der Waals surface area (Å²) >= 11 is 6.29. The van der Waals surface area contributed by atoms with Gasteiger partial charge in [0, 0.05) is 25.2 Å². The highest BCUT2D eigenvalue weighted by Crippen LogP contribution is 2.40. The van der Waals surface area contributed by atoms with Gasteiger partial charge in [-0.2, -0.15) is 5.10 Å². The standard InChI is InChI=1S/C25H25ClN4O3/c1-15-4-9-24(21(26)10-15)33-25(32)28-13-16(2)30(17(3)31)22-8-5-18(11-23(22)28)19-12-27-29(14-19)20-6-7-20/h4-5,8-12,14,16,20H,6-7,13H2,1-3H3/t16-/m0/s1. The molecule has 1 atom stereocenters. The van der Waals surface area contributed by atoms with E-state index in [0.717, 1.165) is 29.5 Å². The van der Waals surface area contributed by atoms with Crippen LogP contribution in [0.2, 0.25) is 5.02 Å². The first-order valence-electron chi connectivity index (χ1n) is 11.1. The molecule has 0 bridgehead atoms. The van der Waals surface area contributed by atoms with Crippen LogP contribution < -0.4 is 14.5 Å². The quantitative estimate of drug-likeness (QED) is 0.505. The summed E-state index contributed by atoms with van der Waals surface area (Å²) in [4.78, 5) is 29.0. The van der Waals surface area contributed by atoms with Crippen LogP contribution in [0, 0.1) is 6.92 Å². The third-order valence-corrected chi connectivity index (χ3v) is 6.41. The number of aryl methyl sites for hydroxylation is 1. The summed E-state index contributed by atoms with van der Waals surface area (Å²) in [6.07, 6.45) is 5.63. The minimum absolute atomic E-state index is 0.0763. The molecule has 0 N–H and O–H groups in total. The number of ether oxygens (including phenoxy) is 1. The number of hydrogen-bond acceptors (Lipinski definition) is 4. The molecule has 1 saturated carbocycles. The van der Waals surface area contributed by atoms with Crippen molar-refractivity contribution in [1.82, 2.24) is 9.78 Å². The third-order valence-electron chi connectivity index (χ3n) is 6.11. The molecule has 0 unspecified atom stereocenters. The van der Waals surface area contributed by atoms with E-state index < -0.39 is 6.09 Å². The molecule has 2 amide bonds. The van der Waals surface area contributed by atoms with Crippen LogP contribution in [0.1, 0.15) is 38.3 Å². The maximum atomic E-state index is 13.3. The SMILES string of the molecule is CC(=O)N1c2ccc(-c3cnn(C4CC4)c3)cc2N(C(=O)Oc2ccc(C)cc2Cl)C[C@@H]1C. The van der Waals surface area contributed by atoms with Gasteiger partial charge in [0.1, 0.15) is 0 Å². The summed E-state index contributed by atoms with van der Waals surface area (Å²) in [5, 5.41) is 4.86. The number of nitrogens with zero attached hydrogens (tertiary/aromatic N) is 4. The maximum absolute atomic E-state index is 13.3. The van der Waals surface area contributed by atoms with E-state index in [0.29, 0.717) is 34.7 Å². The van der Waals surface area contributed by atoms with E-state index in [1.165, 1.54) is 6.92 Å². The molecule has 5 rings (SSSR count). The predicted molar refractivity (Wildman–Crippen MR) is 128 cm³/mol. The summed E-state index contributed by atoms with van der Waals surface area (Å²) < 4.78 is 7.66. The minimum atomic E-state index is -0.539. The van der Waals surface area contributed by atoms with Crippen LogP contribution in [0.4, 0.5) is 16.2 Å². The maximum Gasteiger partial charge on any atom is 0.419 e. The Kier molecular flexibility index (Phi) is 5.37. The minimum Gasteiger partial charge on any atom is -0.408 e. The second-order valence-corrected chi connectivity index (χ2v) is 9.20. The van der Waals surface area contributed by atoms with Crippen molar-refractivity contribution < 1.29 is 14.3 Å². The average molecular weight is 465 g/mol. The first-order valence-corrected chi connectivity index (χ1v) is 11.4. The fourth-order valence-corrected chi connectivity index (χ4v) is 4.59. The summed E-state index contributed by atoms with van der Waals surface area (Å²) in [7, 11) is 0. The van der Waals surface area contributed by atoms with Crippen molar-refractivity contribution in [2.45, 2.75) is 45.7 Å². The molecule has 170 valence electrons. The second-order valence-electron chi connectivity index (χ2n) is 8.79. The van der Waals surface area contributed by atoms with E-state index in [1.54, 1.807) is 21.9 Å². The molecule has 1 aliphatic heterocycles. The first-order chi connectivity index (χ1) is 15.8. The topological polar surface area (TPSA) is 67.7 Å². The average Bonchev–Trinajstić information content (AvgIpc) is 3.51. The van der Waals surface area contributed by atoms with Gasteiger partial charge in [0.15, 0.2) is 5.75 Å². The predicted octanol–water partition coefficient (Wildman–Crippen LogP) is 5.61. The molecule has 0 spiro atoms. The molecule has 1 aromatic heterocycles. The summed E-state index contributed by atoms with van der Waals surface area (Å²) in [5.74, 6) is 0.227. The summed E-state index contributed by atoms with van der Waals surface area (Å²) in [6, 6.07) is 11.3. The van der Waals surface area contributed by atoms with Gasteiger partial charge in [-0.15, -0.1) is 0 Å². The molecule has 0 saturated heterocycles. The lowest BCUT2D eigenvalue weighted by molar-refractivity contribution is -0.117. The molecule has 1 aliphatic carbocycles. The lowest BCUT2D eigenvalue weighted by Crippen LogP contribution is -2.52. The van der Waals surface area contributed by atoms with Gasteiger partial charge in [-0.1, -0.05) is 23.7 Å². The number of benzene rings is 2. The Morgan fingerprint density at radius 2 is 1.88 bits per heavy atom. The van der Waals surface area contributed by atoms with Crippen LogP contribution >= 0.6 is 11.6 Å². The number of carbonyl (C=O) groups is 2. The van der Waals surface area contributed by atoms with Crippen LogP contribution in [0.25, 0.3) is 11.1 Å². The van der Waals surface area contributed by atoms with Gasteiger partial charge >= 0.3 is 6.09 Å². The number of fused-ring (bicyclic) bond motifs is 1. The lowest BCUT2D eigenvalue weighted by atomic mass is 10.0. The van der Waals surface area contributed by atoms with Crippen LogP contribution in [0.3, 0.4) is 0 Å². The number of anilines is 2. The van der Waals surface area contributed by atoms with Crippen LogP contribution in [-0.4, -0.2) is 34.4 Å². The smallest absolute Gasteiger partial charge is 0.408 e. The lowest BCUT2D eigenvalue weighted by Gasteiger charge is -2.40. The fraction of sp³-hybridized carbons (Fsp3) is 0.320. The Morgan fingerprint density at radius 1 is 1.09 bits per heavy atom. The van der Waals surface area contributed by atoms with Crippen LogP contribution in [0.5, 0.6) is 5.75 Å². The molecule has 8 heteroatoms. The molecular weight excluding hydrogens is 440 g/mol. The molecule has 2 aliphatic rings. The van der Waals surface area contributed by atoms with E-state index in [2.05, 4.69) is 5.10 Å². The van der Waals surface area contributed by atoms with Gasteiger partial charge in [-0.3, -0.25) is 14.4 Å². The Labute approximate surface area is 197 Å². The van der Waals surface area contributed by atoms with Crippen molar-refractivity contribution in [3.8, 4) is 16.9 Å². The number of aromatic nitrogens is 2. The van der Waals surface area contributed by atoms with Gasteiger partial charge in [0.25, 0.3) is 0 Å². The molecule has 2 heterocycles. The van der Waals surface area contributed by atoms with Crippen LogP contribution in [0.15, 0.2) is 48.8 Å². The number of rotatable bonds is 3. The Bertz CT molecular complexity index is 1250. The Morgan fingerprint density at radius 3 is 2.58 bits per heavy atom. The molecule has 3 aromatic rings. The van der Waals surface area contributed by atoms with Crippen molar-refractivity contribution >= 4 is 35.0 Å². The molecule has 1 fully saturated rings. The molecule has 7 nitrogen and oxygen atoms in total. The second kappa shape index (κ2) is 8.23. The highest BCUT2D eigenvalue weighted by atomic mass is 35.5. The molecular formula is C25H25ClN4O3. The van der Waals surface area contributed by atoms with Crippen LogP contribution in [-0.2, 0) is 4.79 Å². The Hall–Kier alpha value is -3.32. The van der Waals surface area contributed by atoms with Crippen molar-refractivity contribution in [2.24, 2.45) is 0 Å². The number of amides is 2. The van der Waals surface area contributed by atoms with E-state index in [4.69, 9.17) is 16.3 Å². The zero-order valence-corrected chi connectivity index (χ0v) is 19.5. The van der Waals surface area contributed by atoms with Crippen molar-refractivity contribution in [2.75, 3.05) is 16.3 Å². The highest BCUT2D eigenvalue weighted by Gasteiger charge is 2.35. The van der Waals surface area contributed by atoms with E-state index in [1.807, 2.05) is 55.2 Å². The number of halogens is 1. The fourth-order valence-electron chi connectivity index (χ4n) is 4.32. The normalized spacial score (nSPS) is 17.6. The van der Waals surface area contributed by atoms with E-state index in [9.17, 15) is 9.59 Å². The number of hydrogen-bond donors (Lipinski definition) is 0. The monoisotopic (exact) mass is 464 g/mol. The molecule has 0 radical (unpaired) electrons. The molecule has 33 heavy (non-hydrogen) atoms. The summed E-state index contributed by atoms with van der Waals surface area (Å²) in [6.45, 7) is 5.67. The van der Waals surface area contributed by atoms with Crippen molar-refractivity contribution in [1.29, 1.82) is 0 Å². The Balaban J connectivity index is 1.52. The molecule has 2 aromatic carbocycles. The summed E-state index contributed by atoms with van der Waals surface area (Å²) in [5.41, 5.74) is 4.16. The highest BCUT2D eigenvalue weighted by molar-refractivity contribution is 6.32. The van der Waals surface area contributed by atoms with Gasteiger partial charge in [0.2, 0.25) is 5.91 Å².